The molecular formula is C21H25N3O2. The summed E-state index contributed by atoms with van der Waals surface area (Å²) in [7, 11) is 0. The zero-order valence-corrected chi connectivity index (χ0v) is 15.3. The molecule has 1 amide bonds. The highest BCUT2D eigenvalue weighted by Crippen LogP contribution is 2.23. The van der Waals surface area contributed by atoms with E-state index in [1.54, 1.807) is 0 Å². The van der Waals surface area contributed by atoms with Crippen LogP contribution in [0.15, 0.2) is 59.7 Å². The van der Waals surface area contributed by atoms with E-state index in [0.29, 0.717) is 18.8 Å². The largest absolute Gasteiger partial charge is 0.379 e. The second kappa shape index (κ2) is 8.74. The molecule has 2 aromatic rings. The molecule has 0 bridgehead atoms. The lowest BCUT2D eigenvalue weighted by Crippen LogP contribution is -2.42. The standard InChI is InChI=1S/C21H25N3O2/c1-16-8-6-7-11-19(16)21(25)23-22-17(2)20(18-9-4-3-5-10-18)24-12-14-26-15-13-24/h3-11,20H,12-15H2,1-2H3,(H,23,25)/b22-17-/t20-/m1/s1. The molecular weight excluding hydrogens is 326 g/mol. The summed E-state index contributed by atoms with van der Waals surface area (Å²) in [6, 6.07) is 17.8. The quantitative estimate of drug-likeness (QED) is 0.665. The molecule has 0 spiro atoms. The van der Waals surface area contributed by atoms with Gasteiger partial charge in [0, 0.05) is 18.7 Å². The van der Waals surface area contributed by atoms with Gasteiger partial charge in [0.25, 0.3) is 5.91 Å². The minimum Gasteiger partial charge on any atom is -0.379 e. The van der Waals surface area contributed by atoms with Gasteiger partial charge in [-0.3, -0.25) is 9.69 Å². The number of hydrogen-bond donors (Lipinski definition) is 1. The third kappa shape index (κ3) is 4.36. The van der Waals surface area contributed by atoms with Gasteiger partial charge < -0.3 is 4.74 Å². The van der Waals surface area contributed by atoms with Gasteiger partial charge >= 0.3 is 0 Å². The zero-order valence-electron chi connectivity index (χ0n) is 15.3. The van der Waals surface area contributed by atoms with E-state index in [2.05, 4.69) is 27.6 Å². The van der Waals surface area contributed by atoms with E-state index in [1.807, 2.05) is 56.3 Å². The zero-order chi connectivity index (χ0) is 18.4. The summed E-state index contributed by atoms with van der Waals surface area (Å²) in [6.07, 6.45) is 0. The Morgan fingerprint density at radius 1 is 1.08 bits per heavy atom. The lowest BCUT2D eigenvalue weighted by molar-refractivity contribution is 0.0285. The third-order valence-electron chi connectivity index (χ3n) is 4.65. The second-order valence-electron chi connectivity index (χ2n) is 6.47. The molecule has 1 atom stereocenters. The monoisotopic (exact) mass is 351 g/mol. The fourth-order valence-corrected chi connectivity index (χ4v) is 3.28. The van der Waals surface area contributed by atoms with Crippen LogP contribution >= 0.6 is 0 Å². The van der Waals surface area contributed by atoms with Crippen LogP contribution in [-0.2, 0) is 4.74 Å². The van der Waals surface area contributed by atoms with E-state index < -0.39 is 0 Å². The van der Waals surface area contributed by atoms with Gasteiger partial charge in [-0.1, -0.05) is 48.5 Å². The van der Waals surface area contributed by atoms with Crippen molar-refractivity contribution in [1.82, 2.24) is 10.3 Å². The molecule has 136 valence electrons. The Morgan fingerprint density at radius 2 is 1.73 bits per heavy atom. The number of benzene rings is 2. The highest BCUT2D eigenvalue weighted by Gasteiger charge is 2.25. The van der Waals surface area contributed by atoms with Crippen molar-refractivity contribution in [2.75, 3.05) is 26.3 Å². The van der Waals surface area contributed by atoms with E-state index in [1.165, 1.54) is 5.56 Å². The second-order valence-corrected chi connectivity index (χ2v) is 6.47. The van der Waals surface area contributed by atoms with Crippen molar-refractivity contribution in [1.29, 1.82) is 0 Å². The third-order valence-corrected chi connectivity index (χ3v) is 4.65. The van der Waals surface area contributed by atoms with E-state index in [9.17, 15) is 4.79 Å². The minimum absolute atomic E-state index is 0.0253. The lowest BCUT2D eigenvalue weighted by Gasteiger charge is -2.34. The Morgan fingerprint density at radius 3 is 2.42 bits per heavy atom. The maximum atomic E-state index is 12.5. The van der Waals surface area contributed by atoms with Gasteiger partial charge in [-0.05, 0) is 31.0 Å². The molecule has 3 rings (SSSR count). The maximum Gasteiger partial charge on any atom is 0.271 e. The number of hydrogen-bond acceptors (Lipinski definition) is 4. The van der Waals surface area contributed by atoms with E-state index >= 15 is 0 Å². The van der Waals surface area contributed by atoms with Crippen LogP contribution in [0.5, 0.6) is 0 Å². The molecule has 1 saturated heterocycles. The molecule has 26 heavy (non-hydrogen) atoms. The molecule has 1 aliphatic heterocycles. The van der Waals surface area contributed by atoms with Crippen molar-refractivity contribution in [3.05, 3.63) is 71.3 Å². The first-order valence-corrected chi connectivity index (χ1v) is 8.93. The molecule has 5 nitrogen and oxygen atoms in total. The van der Waals surface area contributed by atoms with Gasteiger partial charge in [-0.15, -0.1) is 0 Å². The van der Waals surface area contributed by atoms with Crippen LogP contribution in [0.3, 0.4) is 0 Å². The van der Waals surface area contributed by atoms with Gasteiger partial charge in [0.15, 0.2) is 0 Å². The Balaban J connectivity index is 1.80. The number of morpholine rings is 1. The summed E-state index contributed by atoms with van der Waals surface area (Å²) < 4.78 is 5.48. The summed E-state index contributed by atoms with van der Waals surface area (Å²) in [5, 5.41) is 4.43. The number of carbonyl (C=O) groups excluding carboxylic acids is 1. The van der Waals surface area contributed by atoms with Crippen LogP contribution in [0.2, 0.25) is 0 Å². The normalized spacial score (nSPS) is 16.9. The molecule has 5 heteroatoms. The molecule has 2 aromatic carbocycles. The highest BCUT2D eigenvalue weighted by molar-refractivity contribution is 5.97. The minimum atomic E-state index is -0.184. The van der Waals surface area contributed by atoms with E-state index in [-0.39, 0.29) is 11.9 Å². The van der Waals surface area contributed by atoms with Gasteiger partial charge in [-0.25, -0.2) is 5.43 Å². The number of ether oxygens (including phenoxy) is 1. The molecule has 0 saturated carbocycles. The van der Waals surface area contributed by atoms with Crippen molar-refractivity contribution in [3.63, 3.8) is 0 Å². The van der Waals surface area contributed by atoms with Crippen molar-refractivity contribution in [2.24, 2.45) is 5.10 Å². The smallest absolute Gasteiger partial charge is 0.271 e. The predicted octanol–water partition coefficient (Wildman–Crippen LogP) is 3.17. The Labute approximate surface area is 154 Å². The molecule has 0 radical (unpaired) electrons. The molecule has 0 aromatic heterocycles. The Hall–Kier alpha value is -2.50. The van der Waals surface area contributed by atoms with E-state index in [0.717, 1.165) is 24.4 Å². The van der Waals surface area contributed by atoms with Crippen LogP contribution in [0, 0.1) is 6.92 Å². The first kappa shape index (κ1) is 18.3. The first-order valence-electron chi connectivity index (χ1n) is 8.93. The Bertz CT molecular complexity index is 768. The number of aryl methyl sites for hydroxylation is 1. The van der Waals surface area contributed by atoms with Crippen molar-refractivity contribution < 1.29 is 9.53 Å². The molecule has 1 N–H and O–H groups in total. The maximum absolute atomic E-state index is 12.5. The summed E-state index contributed by atoms with van der Waals surface area (Å²) in [5.41, 5.74) is 6.33. The average Bonchev–Trinajstić information content (AvgIpc) is 2.68. The van der Waals surface area contributed by atoms with Gasteiger partial charge in [-0.2, -0.15) is 5.10 Å². The fourth-order valence-electron chi connectivity index (χ4n) is 3.28. The Kier molecular flexibility index (Phi) is 6.15. The lowest BCUT2D eigenvalue weighted by atomic mass is 10.0. The van der Waals surface area contributed by atoms with Crippen LogP contribution < -0.4 is 5.43 Å². The fraction of sp³-hybridized carbons (Fsp3) is 0.333. The van der Waals surface area contributed by atoms with Crippen molar-refractivity contribution in [2.45, 2.75) is 19.9 Å². The molecule has 1 heterocycles. The van der Waals surface area contributed by atoms with Crippen LogP contribution in [0.25, 0.3) is 0 Å². The number of nitrogens with zero attached hydrogens (tertiary/aromatic N) is 2. The SMILES string of the molecule is C/C(=N/NC(=O)c1ccccc1C)[C@H](c1ccccc1)N1CCOCC1. The van der Waals surface area contributed by atoms with Gasteiger partial charge in [0.1, 0.15) is 0 Å². The number of carbonyl (C=O) groups is 1. The predicted molar refractivity (Wildman–Crippen MR) is 103 cm³/mol. The molecule has 0 unspecified atom stereocenters. The van der Waals surface area contributed by atoms with Crippen molar-refractivity contribution >= 4 is 11.6 Å². The van der Waals surface area contributed by atoms with E-state index in [4.69, 9.17) is 4.74 Å². The molecule has 1 aliphatic rings. The summed E-state index contributed by atoms with van der Waals surface area (Å²) >= 11 is 0. The number of rotatable bonds is 5. The topological polar surface area (TPSA) is 53.9 Å². The summed E-state index contributed by atoms with van der Waals surface area (Å²) in [4.78, 5) is 14.8. The molecule has 1 fully saturated rings. The number of nitrogens with one attached hydrogen (secondary N) is 1. The van der Waals surface area contributed by atoms with Crippen LogP contribution in [0.4, 0.5) is 0 Å². The summed E-state index contributed by atoms with van der Waals surface area (Å²) in [6.45, 7) is 7.01. The summed E-state index contributed by atoms with van der Waals surface area (Å²) in [5.74, 6) is -0.184. The first-order chi connectivity index (χ1) is 12.7. The van der Waals surface area contributed by atoms with Crippen molar-refractivity contribution in [3.8, 4) is 0 Å². The van der Waals surface area contributed by atoms with Crippen LogP contribution in [0.1, 0.15) is 34.5 Å². The highest BCUT2D eigenvalue weighted by atomic mass is 16.5. The van der Waals surface area contributed by atoms with Gasteiger partial charge in [0.05, 0.1) is 25.0 Å². The number of hydrazone groups is 1. The van der Waals surface area contributed by atoms with Crippen LogP contribution in [-0.4, -0.2) is 42.8 Å². The molecule has 0 aliphatic carbocycles. The average molecular weight is 351 g/mol. The number of amides is 1. The van der Waals surface area contributed by atoms with Gasteiger partial charge in [0.2, 0.25) is 0 Å².